The van der Waals surface area contributed by atoms with Gasteiger partial charge in [0, 0.05) is 17.5 Å². The number of hydrogen-bond donors (Lipinski definition) is 1. The molecule has 1 nitrogen and oxygen atoms in total. The van der Waals surface area contributed by atoms with Crippen LogP contribution in [-0.4, -0.2) is 17.5 Å². The van der Waals surface area contributed by atoms with Crippen LogP contribution in [0.5, 0.6) is 0 Å². The Kier molecular flexibility index (Phi) is 4.14. The van der Waals surface area contributed by atoms with E-state index in [1.165, 1.54) is 18.6 Å². The molecule has 1 aliphatic rings. The molecule has 2 rings (SSSR count). The Labute approximate surface area is 108 Å². The van der Waals surface area contributed by atoms with Crippen molar-refractivity contribution in [2.75, 3.05) is 16.8 Å². The van der Waals surface area contributed by atoms with Crippen LogP contribution in [0.3, 0.4) is 0 Å². The summed E-state index contributed by atoms with van der Waals surface area (Å²) in [5.41, 5.74) is 2.01. The van der Waals surface area contributed by atoms with Gasteiger partial charge in [-0.25, -0.2) is 4.39 Å². The van der Waals surface area contributed by atoms with Gasteiger partial charge in [-0.05, 0) is 59.1 Å². The van der Waals surface area contributed by atoms with Crippen LogP contribution in [0, 0.1) is 12.7 Å². The summed E-state index contributed by atoms with van der Waals surface area (Å²) in [7, 11) is 0. The van der Waals surface area contributed by atoms with Crippen LogP contribution in [-0.2, 0) is 0 Å². The van der Waals surface area contributed by atoms with Crippen LogP contribution < -0.4 is 5.32 Å². The van der Waals surface area contributed by atoms with E-state index in [9.17, 15) is 4.39 Å². The minimum Gasteiger partial charge on any atom is -0.381 e. The zero-order chi connectivity index (χ0) is 11.5. The average Bonchev–Trinajstić information content (AvgIpc) is 2.27. The highest BCUT2D eigenvalue weighted by Gasteiger charge is 2.15. The minimum atomic E-state index is -0.198. The van der Waals surface area contributed by atoms with Crippen molar-refractivity contribution in [2.45, 2.75) is 25.8 Å². The number of benzene rings is 1. The lowest BCUT2D eigenvalue weighted by molar-refractivity contribution is 0.619. The fourth-order valence-electron chi connectivity index (χ4n) is 1.88. The van der Waals surface area contributed by atoms with E-state index < -0.39 is 0 Å². The van der Waals surface area contributed by atoms with E-state index in [1.807, 2.05) is 24.8 Å². The molecule has 1 heterocycles. The summed E-state index contributed by atoms with van der Waals surface area (Å²) in [5.74, 6) is 2.18. The third-order valence-electron chi connectivity index (χ3n) is 2.79. The fraction of sp³-hybridized carbons (Fsp3) is 0.500. The Morgan fingerprint density at radius 1 is 1.50 bits per heavy atom. The Morgan fingerprint density at radius 2 is 2.31 bits per heavy atom. The maximum Gasteiger partial charge on any atom is 0.139 e. The van der Waals surface area contributed by atoms with E-state index in [-0.39, 0.29) is 5.82 Å². The molecular weight excluding hydrogens is 289 g/mol. The maximum absolute atomic E-state index is 13.4. The molecule has 1 unspecified atom stereocenters. The highest BCUT2D eigenvalue weighted by atomic mass is 79.9. The minimum absolute atomic E-state index is 0.198. The van der Waals surface area contributed by atoms with E-state index >= 15 is 0 Å². The summed E-state index contributed by atoms with van der Waals surface area (Å²) in [6.07, 6.45) is 2.44. The number of anilines is 1. The first-order chi connectivity index (χ1) is 7.66. The first-order valence-electron chi connectivity index (χ1n) is 5.47. The highest BCUT2D eigenvalue weighted by molar-refractivity contribution is 9.10. The van der Waals surface area contributed by atoms with Gasteiger partial charge in [-0.1, -0.05) is 0 Å². The molecule has 1 saturated heterocycles. The fourth-order valence-corrected chi connectivity index (χ4v) is 3.41. The first-order valence-corrected chi connectivity index (χ1v) is 7.41. The summed E-state index contributed by atoms with van der Waals surface area (Å²) in [4.78, 5) is 0. The molecule has 0 amide bonds. The van der Waals surface area contributed by atoms with Gasteiger partial charge < -0.3 is 5.32 Å². The van der Waals surface area contributed by atoms with E-state index in [1.54, 1.807) is 6.07 Å². The lowest BCUT2D eigenvalue weighted by atomic mass is 10.1. The van der Waals surface area contributed by atoms with E-state index in [0.717, 1.165) is 17.0 Å². The van der Waals surface area contributed by atoms with Gasteiger partial charge in [-0.15, -0.1) is 0 Å². The van der Waals surface area contributed by atoms with Crippen molar-refractivity contribution in [1.29, 1.82) is 0 Å². The summed E-state index contributed by atoms with van der Waals surface area (Å²) in [6, 6.07) is 3.89. The molecule has 0 bridgehead atoms. The normalized spacial score (nSPS) is 20.8. The molecule has 1 N–H and O–H groups in total. The second-order valence-electron chi connectivity index (χ2n) is 4.14. The Balaban J connectivity index is 2.11. The number of thioether (sulfide) groups is 1. The van der Waals surface area contributed by atoms with Crippen molar-refractivity contribution in [2.24, 2.45) is 0 Å². The van der Waals surface area contributed by atoms with E-state index in [4.69, 9.17) is 0 Å². The van der Waals surface area contributed by atoms with Gasteiger partial charge in [0.25, 0.3) is 0 Å². The predicted octanol–water partition coefficient (Wildman–Crippen LogP) is 4.20. The van der Waals surface area contributed by atoms with Crippen LogP contribution >= 0.6 is 27.7 Å². The molecule has 1 aromatic rings. The van der Waals surface area contributed by atoms with Crippen LogP contribution in [0.25, 0.3) is 0 Å². The summed E-state index contributed by atoms with van der Waals surface area (Å²) >= 11 is 5.17. The molecule has 1 fully saturated rings. The molecule has 0 radical (unpaired) electrons. The van der Waals surface area contributed by atoms with Crippen LogP contribution in [0.1, 0.15) is 18.4 Å². The second-order valence-corrected chi connectivity index (χ2v) is 6.14. The molecule has 4 heteroatoms. The number of rotatable bonds is 2. The van der Waals surface area contributed by atoms with Gasteiger partial charge >= 0.3 is 0 Å². The second kappa shape index (κ2) is 5.41. The molecule has 1 aliphatic heterocycles. The van der Waals surface area contributed by atoms with Crippen molar-refractivity contribution in [3.63, 3.8) is 0 Å². The summed E-state index contributed by atoms with van der Waals surface area (Å²) in [5, 5.41) is 3.44. The van der Waals surface area contributed by atoms with Crippen molar-refractivity contribution in [1.82, 2.24) is 0 Å². The molecule has 0 aromatic heterocycles. The average molecular weight is 304 g/mol. The van der Waals surface area contributed by atoms with Gasteiger partial charge in [-0.3, -0.25) is 0 Å². The number of halogens is 2. The van der Waals surface area contributed by atoms with Gasteiger partial charge in [0.1, 0.15) is 5.82 Å². The lowest BCUT2D eigenvalue weighted by Gasteiger charge is -2.24. The predicted molar refractivity (Wildman–Crippen MR) is 72.8 cm³/mol. The molecule has 1 atom stereocenters. The SMILES string of the molecule is Cc1cc(Br)c(F)cc1NC1CCCSC1. The van der Waals surface area contributed by atoms with Crippen molar-refractivity contribution in [3.05, 3.63) is 28.0 Å². The number of hydrogen-bond acceptors (Lipinski definition) is 2. The largest absolute Gasteiger partial charge is 0.381 e. The van der Waals surface area contributed by atoms with Crippen molar-refractivity contribution < 1.29 is 4.39 Å². The summed E-state index contributed by atoms with van der Waals surface area (Å²) in [6.45, 7) is 2.00. The Morgan fingerprint density at radius 3 is 3.00 bits per heavy atom. The highest BCUT2D eigenvalue weighted by Crippen LogP contribution is 2.27. The zero-order valence-electron chi connectivity index (χ0n) is 9.22. The van der Waals surface area contributed by atoms with Gasteiger partial charge in [-0.2, -0.15) is 11.8 Å². The smallest absolute Gasteiger partial charge is 0.139 e. The van der Waals surface area contributed by atoms with E-state index in [2.05, 4.69) is 21.2 Å². The summed E-state index contributed by atoms with van der Waals surface area (Å²) < 4.78 is 14.0. The molecule has 0 spiro atoms. The van der Waals surface area contributed by atoms with Gasteiger partial charge in [0.05, 0.1) is 4.47 Å². The van der Waals surface area contributed by atoms with Gasteiger partial charge in [0.2, 0.25) is 0 Å². The molecular formula is C12H15BrFNS. The molecule has 88 valence electrons. The van der Waals surface area contributed by atoms with Crippen molar-refractivity contribution >= 4 is 33.4 Å². The molecule has 0 aliphatic carbocycles. The maximum atomic E-state index is 13.4. The quantitative estimate of drug-likeness (QED) is 0.878. The van der Waals surface area contributed by atoms with Crippen LogP contribution in [0.2, 0.25) is 0 Å². The van der Waals surface area contributed by atoms with Gasteiger partial charge in [0.15, 0.2) is 0 Å². The molecule has 0 saturated carbocycles. The molecule has 1 aromatic carbocycles. The monoisotopic (exact) mass is 303 g/mol. The standard InChI is InChI=1S/C12H15BrFNS/c1-8-5-10(13)11(14)6-12(8)15-9-3-2-4-16-7-9/h5-6,9,15H,2-4,7H2,1H3. The third-order valence-corrected chi connectivity index (χ3v) is 4.61. The third kappa shape index (κ3) is 2.92. The zero-order valence-corrected chi connectivity index (χ0v) is 11.6. The number of nitrogens with one attached hydrogen (secondary N) is 1. The van der Waals surface area contributed by atoms with Crippen LogP contribution in [0.15, 0.2) is 16.6 Å². The van der Waals surface area contributed by atoms with Crippen LogP contribution in [0.4, 0.5) is 10.1 Å². The Bertz CT molecular complexity index is 378. The Hall–Kier alpha value is -0.220. The van der Waals surface area contributed by atoms with E-state index in [0.29, 0.717) is 10.5 Å². The topological polar surface area (TPSA) is 12.0 Å². The lowest BCUT2D eigenvalue weighted by Crippen LogP contribution is -2.26. The number of aryl methyl sites for hydroxylation is 1. The molecule has 16 heavy (non-hydrogen) atoms. The van der Waals surface area contributed by atoms with Crippen molar-refractivity contribution in [3.8, 4) is 0 Å². The first kappa shape index (κ1) is 12.2.